The summed E-state index contributed by atoms with van der Waals surface area (Å²) < 4.78 is 17.5. The Hall–Kier alpha value is -2.82. The Morgan fingerprint density at radius 1 is 1.20 bits per heavy atom. The second-order valence-corrected chi connectivity index (χ2v) is 12.6. The van der Waals surface area contributed by atoms with Crippen molar-refractivity contribution < 1.29 is 19.0 Å². The highest BCUT2D eigenvalue weighted by molar-refractivity contribution is 8.14. The number of amides is 1. The van der Waals surface area contributed by atoms with Crippen molar-refractivity contribution in [1.82, 2.24) is 15.5 Å². The van der Waals surface area contributed by atoms with Crippen LogP contribution in [0.4, 0.5) is 0 Å². The number of carbonyl (C=O) groups is 1. The lowest BCUT2D eigenvalue weighted by atomic mass is 9.74. The smallest absolute Gasteiger partial charge is 0.257 e. The quantitative estimate of drug-likeness (QED) is 0.446. The first-order chi connectivity index (χ1) is 19.3. The van der Waals surface area contributed by atoms with Crippen molar-refractivity contribution in [2.45, 2.75) is 49.7 Å². The lowest BCUT2D eigenvalue weighted by Crippen LogP contribution is -2.63. The van der Waals surface area contributed by atoms with E-state index in [4.69, 9.17) is 19.2 Å². The van der Waals surface area contributed by atoms with E-state index in [2.05, 4.69) is 41.8 Å². The zero-order chi connectivity index (χ0) is 28.3. The van der Waals surface area contributed by atoms with Gasteiger partial charge in [0.2, 0.25) is 0 Å². The van der Waals surface area contributed by atoms with Gasteiger partial charge >= 0.3 is 0 Å². The molecule has 3 aliphatic rings. The van der Waals surface area contributed by atoms with Gasteiger partial charge in [-0.2, -0.15) is 0 Å². The van der Waals surface area contributed by atoms with Gasteiger partial charge in [-0.25, -0.2) is 4.99 Å². The molecule has 0 aliphatic carbocycles. The number of likely N-dealkylation sites (N-methyl/N-ethyl adjacent to an activating group) is 1. The molecule has 0 aromatic heterocycles. The van der Waals surface area contributed by atoms with Gasteiger partial charge in [0, 0.05) is 47.9 Å². The van der Waals surface area contributed by atoms with Crippen molar-refractivity contribution in [1.29, 1.82) is 0 Å². The second-order valence-electron chi connectivity index (χ2n) is 10.7. The molecule has 1 saturated heterocycles. The largest absolute Gasteiger partial charge is 0.497 e. The Labute approximate surface area is 245 Å². The normalized spacial score (nSPS) is 27.8. The van der Waals surface area contributed by atoms with Crippen molar-refractivity contribution in [2.75, 3.05) is 33.6 Å². The third-order valence-electron chi connectivity index (χ3n) is 8.19. The van der Waals surface area contributed by atoms with Crippen LogP contribution in [-0.2, 0) is 11.3 Å². The van der Waals surface area contributed by atoms with Gasteiger partial charge in [0.1, 0.15) is 28.2 Å². The lowest BCUT2D eigenvalue weighted by molar-refractivity contribution is -0.126. The maximum atomic E-state index is 13.0. The molecule has 0 saturated carbocycles. The summed E-state index contributed by atoms with van der Waals surface area (Å²) in [6, 6.07) is 15.1. The Balaban J connectivity index is 1.36. The van der Waals surface area contributed by atoms with Crippen LogP contribution in [-0.4, -0.2) is 66.1 Å². The maximum Gasteiger partial charge on any atom is 0.257 e. The molecule has 2 N–H and O–H groups in total. The number of hydrogen-bond donors (Lipinski definition) is 2. The fourth-order valence-electron chi connectivity index (χ4n) is 5.52. The van der Waals surface area contributed by atoms with Crippen molar-refractivity contribution >= 4 is 34.6 Å². The molecule has 3 heterocycles. The first-order valence-corrected chi connectivity index (χ1v) is 15.5. The van der Waals surface area contributed by atoms with E-state index in [0.717, 1.165) is 41.5 Å². The molecule has 214 valence electrons. The molecule has 1 fully saturated rings. The second kappa shape index (κ2) is 12.0. The molecule has 1 amide bonds. The standard InChI is InChI=1S/C30H38N4O4S2/c1-6-29(2)15-22-17-40-28(32-26(35)20-10-8-7-9-11-20)33-30(22,19-38-29)27-34(3)25(18-39-27)31-16-21-12-13-23(36-4)14-24(21)37-5/h7-14,18,22,27,31H,6,15-17,19H2,1-5H3,(H,32,33,35)/t22-,27?,29+,30-/m0/s1. The number of carbonyl (C=O) groups excluding carboxylic acids is 1. The van der Waals surface area contributed by atoms with E-state index in [-0.39, 0.29) is 16.9 Å². The van der Waals surface area contributed by atoms with Crippen LogP contribution >= 0.6 is 23.5 Å². The fourth-order valence-corrected chi connectivity index (χ4v) is 8.04. The Bertz CT molecular complexity index is 1290. The Morgan fingerprint density at radius 3 is 2.73 bits per heavy atom. The number of benzene rings is 2. The Morgan fingerprint density at radius 2 is 2.00 bits per heavy atom. The summed E-state index contributed by atoms with van der Waals surface area (Å²) in [5.74, 6) is 3.61. The summed E-state index contributed by atoms with van der Waals surface area (Å²) in [5.41, 5.74) is 0.988. The molecule has 3 aliphatic heterocycles. The predicted molar refractivity (Wildman–Crippen MR) is 163 cm³/mol. The van der Waals surface area contributed by atoms with Gasteiger partial charge in [0.05, 0.1) is 26.4 Å². The van der Waals surface area contributed by atoms with Crippen molar-refractivity contribution in [3.63, 3.8) is 0 Å². The van der Waals surface area contributed by atoms with Crippen LogP contribution in [0.2, 0.25) is 0 Å². The zero-order valence-corrected chi connectivity index (χ0v) is 25.4. The number of thioether (sulfide) groups is 2. The summed E-state index contributed by atoms with van der Waals surface area (Å²) in [4.78, 5) is 20.5. The van der Waals surface area contributed by atoms with Crippen molar-refractivity contribution in [3.8, 4) is 11.5 Å². The summed E-state index contributed by atoms with van der Waals surface area (Å²) in [7, 11) is 5.43. The average molecular weight is 583 g/mol. The molecule has 10 heteroatoms. The van der Waals surface area contributed by atoms with E-state index < -0.39 is 5.54 Å². The monoisotopic (exact) mass is 582 g/mol. The SMILES string of the molecule is CC[C@]1(C)C[C@H]2CSC(NC(=O)c3ccccc3)=N[C@@]2(C2SC=C(NCc3ccc(OC)cc3OC)N2C)CO1. The summed E-state index contributed by atoms with van der Waals surface area (Å²) >= 11 is 3.39. The van der Waals surface area contributed by atoms with Crippen LogP contribution in [0.25, 0.3) is 0 Å². The van der Waals surface area contributed by atoms with Gasteiger partial charge in [-0.1, -0.05) is 36.9 Å². The topological polar surface area (TPSA) is 84.4 Å². The maximum absolute atomic E-state index is 13.0. The zero-order valence-electron chi connectivity index (χ0n) is 23.7. The number of methoxy groups -OCH3 is 2. The first kappa shape index (κ1) is 28.7. The molecule has 1 unspecified atom stereocenters. The molecule has 4 atom stereocenters. The van der Waals surface area contributed by atoms with E-state index in [9.17, 15) is 4.79 Å². The molecule has 40 heavy (non-hydrogen) atoms. The first-order valence-electron chi connectivity index (χ1n) is 13.6. The number of nitrogens with one attached hydrogen (secondary N) is 2. The van der Waals surface area contributed by atoms with Crippen LogP contribution in [0.1, 0.15) is 42.6 Å². The lowest BCUT2D eigenvalue weighted by Gasteiger charge is -2.53. The minimum Gasteiger partial charge on any atom is -0.497 e. The van der Waals surface area contributed by atoms with Gasteiger partial charge in [-0.3, -0.25) is 4.79 Å². The Kier molecular flexibility index (Phi) is 8.58. The van der Waals surface area contributed by atoms with Gasteiger partial charge in [-0.15, -0.1) is 11.8 Å². The minimum absolute atomic E-state index is 0.0173. The van der Waals surface area contributed by atoms with E-state index in [1.165, 1.54) is 0 Å². The van der Waals surface area contributed by atoms with Crippen molar-refractivity contribution in [2.24, 2.45) is 10.9 Å². The fraction of sp³-hybridized carbons (Fsp3) is 0.467. The highest BCUT2D eigenvalue weighted by atomic mass is 32.2. The summed E-state index contributed by atoms with van der Waals surface area (Å²) in [5, 5.41) is 9.52. The van der Waals surface area contributed by atoms with Crippen LogP contribution in [0.3, 0.4) is 0 Å². The third-order valence-corrected chi connectivity index (χ3v) is 10.6. The van der Waals surface area contributed by atoms with Gasteiger partial charge < -0.3 is 29.7 Å². The van der Waals surface area contributed by atoms with E-state index in [1.807, 2.05) is 48.5 Å². The van der Waals surface area contributed by atoms with Gasteiger partial charge in [0.25, 0.3) is 5.91 Å². The third kappa shape index (κ3) is 5.66. The molecular weight excluding hydrogens is 544 g/mol. The number of amidine groups is 1. The molecule has 0 bridgehead atoms. The molecule has 0 spiro atoms. The number of nitrogens with zero attached hydrogens (tertiary/aromatic N) is 2. The number of fused-ring (bicyclic) bond motifs is 1. The molecule has 2 aromatic rings. The van der Waals surface area contributed by atoms with E-state index >= 15 is 0 Å². The van der Waals surface area contributed by atoms with Gasteiger partial charge in [-0.05, 0) is 44.0 Å². The molecule has 8 nitrogen and oxygen atoms in total. The van der Waals surface area contributed by atoms with E-state index in [0.29, 0.717) is 29.8 Å². The summed E-state index contributed by atoms with van der Waals surface area (Å²) in [6.45, 7) is 5.50. The number of rotatable bonds is 8. The molecular formula is C30H38N4O4S2. The number of ether oxygens (including phenoxy) is 3. The van der Waals surface area contributed by atoms with Crippen LogP contribution in [0.5, 0.6) is 11.5 Å². The molecule has 5 rings (SSSR count). The summed E-state index contributed by atoms with van der Waals surface area (Å²) in [6.07, 6.45) is 1.88. The number of aliphatic imine (C=N–C) groups is 1. The average Bonchev–Trinajstić information content (AvgIpc) is 3.36. The highest BCUT2D eigenvalue weighted by Crippen LogP contribution is 2.51. The predicted octanol–water partition coefficient (Wildman–Crippen LogP) is 5.07. The minimum atomic E-state index is -0.504. The van der Waals surface area contributed by atoms with Crippen LogP contribution in [0.15, 0.2) is 64.8 Å². The van der Waals surface area contributed by atoms with Crippen LogP contribution < -0.4 is 20.1 Å². The van der Waals surface area contributed by atoms with Crippen LogP contribution in [0, 0.1) is 5.92 Å². The molecule has 2 aromatic carbocycles. The van der Waals surface area contributed by atoms with Crippen molar-refractivity contribution in [3.05, 3.63) is 70.9 Å². The molecule has 0 radical (unpaired) electrons. The number of hydrogen-bond acceptors (Lipinski definition) is 9. The van der Waals surface area contributed by atoms with E-state index in [1.54, 1.807) is 37.7 Å². The van der Waals surface area contributed by atoms with Gasteiger partial charge in [0.15, 0.2) is 5.17 Å². The highest BCUT2D eigenvalue weighted by Gasteiger charge is 2.57.